The Balaban J connectivity index is 2.19. The predicted octanol–water partition coefficient (Wildman–Crippen LogP) is 2.34. The minimum Gasteiger partial charge on any atom is -0.385 e. The van der Waals surface area contributed by atoms with Crippen LogP contribution in [0.15, 0.2) is 23.3 Å². The first-order chi connectivity index (χ1) is 14.0. The molecule has 0 aromatic carbocycles. The molecule has 1 heterocycles. The van der Waals surface area contributed by atoms with Crippen molar-refractivity contribution >= 4 is 17.5 Å². The lowest BCUT2D eigenvalue weighted by molar-refractivity contribution is -0.149. The average Bonchev–Trinajstić information content (AvgIpc) is 2.94. The highest BCUT2D eigenvalue weighted by Gasteiger charge is 2.65. The number of rotatable bonds is 2. The summed E-state index contributed by atoms with van der Waals surface area (Å²) in [6.45, 7) is 10.2. The number of nitrogens with one attached hydrogen (secondary N) is 1. The number of allylic oxidation sites excluding steroid dienone is 4. The molecule has 1 aliphatic heterocycles. The molecule has 30 heavy (non-hydrogen) atoms. The molecular weight excluding hydrogens is 382 g/mol. The van der Waals surface area contributed by atoms with Crippen LogP contribution in [0.25, 0.3) is 0 Å². The molecule has 0 saturated carbocycles. The molecule has 3 rings (SSSR count). The second-order valence-corrected chi connectivity index (χ2v) is 9.94. The summed E-state index contributed by atoms with van der Waals surface area (Å²) in [5, 5.41) is 23.7. The zero-order chi connectivity index (χ0) is 22.4. The zero-order valence-corrected chi connectivity index (χ0v) is 18.6. The van der Waals surface area contributed by atoms with E-state index in [0.29, 0.717) is 12.3 Å². The molecule has 3 N–H and O–H groups in total. The van der Waals surface area contributed by atoms with E-state index in [2.05, 4.69) is 26.1 Å². The van der Waals surface area contributed by atoms with Gasteiger partial charge in [0, 0.05) is 24.3 Å². The van der Waals surface area contributed by atoms with Crippen LogP contribution >= 0.6 is 0 Å². The smallest absolute Gasteiger partial charge is 0.235 e. The zero-order valence-electron chi connectivity index (χ0n) is 18.6. The first kappa shape index (κ1) is 22.9. The number of ketones is 2. The van der Waals surface area contributed by atoms with Crippen molar-refractivity contribution in [1.82, 2.24) is 5.32 Å². The number of Topliss-reactive ketones (excluding diaryl/α,β-unsaturated/α-hetero) is 2. The maximum Gasteiger partial charge on any atom is 0.235 e. The summed E-state index contributed by atoms with van der Waals surface area (Å²) in [6, 6.07) is -0.139. The van der Waals surface area contributed by atoms with Crippen molar-refractivity contribution in [2.24, 2.45) is 29.1 Å². The summed E-state index contributed by atoms with van der Waals surface area (Å²) in [4.78, 5) is 39.7. The first-order valence-electron chi connectivity index (χ1n) is 11.1. The summed E-state index contributed by atoms with van der Waals surface area (Å²) in [7, 11) is 0. The summed E-state index contributed by atoms with van der Waals surface area (Å²) in [5.41, 5.74) is 0.734. The van der Waals surface area contributed by atoms with Gasteiger partial charge in [0.25, 0.3) is 0 Å². The number of carbonyl (C=O) groups excluding carboxylic acids is 3. The Morgan fingerprint density at radius 3 is 2.43 bits per heavy atom. The van der Waals surface area contributed by atoms with Crippen molar-refractivity contribution in [3.05, 3.63) is 23.3 Å². The highest BCUT2D eigenvalue weighted by atomic mass is 16.3. The second-order valence-electron chi connectivity index (χ2n) is 9.94. The van der Waals surface area contributed by atoms with Gasteiger partial charge >= 0.3 is 0 Å². The third kappa shape index (κ3) is 3.69. The van der Waals surface area contributed by atoms with E-state index in [-0.39, 0.29) is 30.2 Å². The van der Waals surface area contributed by atoms with Gasteiger partial charge in [-0.2, -0.15) is 0 Å². The van der Waals surface area contributed by atoms with Gasteiger partial charge in [0.1, 0.15) is 17.6 Å². The number of hydrogen-bond acceptors (Lipinski definition) is 5. The Morgan fingerprint density at radius 2 is 1.80 bits per heavy atom. The number of amides is 1. The lowest BCUT2D eigenvalue weighted by Gasteiger charge is -2.45. The van der Waals surface area contributed by atoms with E-state index in [1.165, 1.54) is 0 Å². The third-order valence-electron chi connectivity index (χ3n) is 7.38. The summed E-state index contributed by atoms with van der Waals surface area (Å²) in [5.74, 6) is -1.75. The maximum absolute atomic E-state index is 13.7. The van der Waals surface area contributed by atoms with Crippen molar-refractivity contribution in [2.75, 3.05) is 0 Å². The van der Waals surface area contributed by atoms with Crippen LogP contribution in [-0.4, -0.2) is 45.9 Å². The van der Waals surface area contributed by atoms with Gasteiger partial charge in [0.05, 0.1) is 0 Å². The Hall–Kier alpha value is -1.79. The summed E-state index contributed by atoms with van der Waals surface area (Å²) >= 11 is 0. The van der Waals surface area contributed by atoms with Crippen LogP contribution in [0.2, 0.25) is 0 Å². The quantitative estimate of drug-likeness (QED) is 0.473. The third-order valence-corrected chi connectivity index (χ3v) is 7.38. The molecule has 0 aromatic rings. The minimum atomic E-state index is -1.60. The molecule has 6 nitrogen and oxygen atoms in total. The van der Waals surface area contributed by atoms with E-state index in [4.69, 9.17) is 0 Å². The SMILES string of the molecule is CC1=C[C@H]2C=C(C)[C@@H](C)[C@@H]3[C@@H](CC(C)C)NC(=O)[C@]23C(=O)C[C@@H](O)C(=O)[C@@H](O)CC1. The number of carbonyl (C=O) groups is 3. The van der Waals surface area contributed by atoms with Gasteiger partial charge in [-0.15, -0.1) is 0 Å². The van der Waals surface area contributed by atoms with Crippen molar-refractivity contribution in [3.8, 4) is 0 Å². The standard InChI is InChI=1S/C24H35NO5/c1-12(2)8-17-21-15(5)14(4)10-16-9-13(3)6-7-18(26)22(29)19(27)11-20(28)24(16,21)23(30)25-17/h9-10,12,15-19,21,26-27H,6-8,11H2,1-5H3,(H,25,30)/t15-,16+,17-,18+,19-,21-,24+/m1/s1. The van der Waals surface area contributed by atoms with Crippen LogP contribution in [0.3, 0.4) is 0 Å². The van der Waals surface area contributed by atoms with E-state index >= 15 is 0 Å². The molecule has 1 saturated heterocycles. The Bertz CT molecular complexity index is 797. The molecule has 1 spiro atoms. The lowest BCUT2D eigenvalue weighted by Crippen LogP contribution is -2.53. The van der Waals surface area contributed by atoms with Crippen LogP contribution in [-0.2, 0) is 14.4 Å². The van der Waals surface area contributed by atoms with Crippen LogP contribution in [0.1, 0.15) is 60.3 Å². The van der Waals surface area contributed by atoms with Crippen molar-refractivity contribution < 1.29 is 24.6 Å². The fourth-order valence-corrected chi connectivity index (χ4v) is 5.77. The van der Waals surface area contributed by atoms with Crippen molar-refractivity contribution in [1.29, 1.82) is 0 Å². The topological polar surface area (TPSA) is 104 Å². The molecule has 1 amide bonds. The van der Waals surface area contributed by atoms with Gasteiger partial charge in [-0.05, 0) is 44.9 Å². The summed E-state index contributed by atoms with van der Waals surface area (Å²) < 4.78 is 0. The molecule has 0 radical (unpaired) electrons. The Morgan fingerprint density at radius 1 is 1.13 bits per heavy atom. The molecule has 2 aliphatic carbocycles. The van der Waals surface area contributed by atoms with Gasteiger partial charge in [0.15, 0.2) is 11.6 Å². The van der Waals surface area contributed by atoms with Crippen LogP contribution in [0.5, 0.6) is 0 Å². The number of hydrogen-bond donors (Lipinski definition) is 3. The van der Waals surface area contributed by atoms with Gasteiger partial charge in [0.2, 0.25) is 5.91 Å². The highest BCUT2D eigenvalue weighted by Crippen LogP contribution is 2.55. The van der Waals surface area contributed by atoms with E-state index < -0.39 is 41.5 Å². The van der Waals surface area contributed by atoms with Gasteiger partial charge in [-0.3, -0.25) is 14.4 Å². The Kier molecular flexibility index (Phi) is 6.40. The largest absolute Gasteiger partial charge is 0.385 e. The second kappa shape index (κ2) is 8.39. The van der Waals surface area contributed by atoms with Crippen molar-refractivity contribution in [2.45, 2.75) is 78.6 Å². The normalized spacial score (nSPS) is 40.2. The molecule has 0 aromatic heterocycles. The molecule has 7 atom stereocenters. The molecule has 0 bridgehead atoms. The predicted molar refractivity (Wildman–Crippen MR) is 113 cm³/mol. The number of aliphatic hydroxyl groups is 2. The van der Waals surface area contributed by atoms with E-state index in [0.717, 1.165) is 17.6 Å². The summed E-state index contributed by atoms with van der Waals surface area (Å²) in [6.07, 6.45) is 2.04. The van der Waals surface area contributed by atoms with E-state index in [9.17, 15) is 24.6 Å². The van der Waals surface area contributed by atoms with Crippen molar-refractivity contribution in [3.63, 3.8) is 0 Å². The molecule has 1 fully saturated rings. The first-order valence-corrected chi connectivity index (χ1v) is 11.1. The lowest BCUT2D eigenvalue weighted by atomic mass is 9.54. The van der Waals surface area contributed by atoms with Gasteiger partial charge in [-0.1, -0.05) is 44.1 Å². The Labute approximate surface area is 178 Å². The maximum atomic E-state index is 13.7. The van der Waals surface area contributed by atoms with Gasteiger partial charge in [-0.25, -0.2) is 0 Å². The monoisotopic (exact) mass is 417 g/mol. The highest BCUT2D eigenvalue weighted by molar-refractivity contribution is 6.10. The fraction of sp³-hybridized carbons (Fsp3) is 0.708. The van der Waals surface area contributed by atoms with Crippen LogP contribution < -0.4 is 5.32 Å². The molecule has 166 valence electrons. The van der Waals surface area contributed by atoms with E-state index in [1.807, 2.05) is 26.0 Å². The number of aliphatic hydroxyl groups excluding tert-OH is 2. The minimum absolute atomic E-state index is 0.0187. The average molecular weight is 418 g/mol. The fourth-order valence-electron chi connectivity index (χ4n) is 5.77. The molecule has 0 unspecified atom stereocenters. The van der Waals surface area contributed by atoms with Crippen LogP contribution in [0.4, 0.5) is 0 Å². The van der Waals surface area contributed by atoms with Gasteiger partial charge < -0.3 is 15.5 Å². The molecule has 3 aliphatic rings. The molecular formula is C24H35NO5. The van der Waals surface area contributed by atoms with E-state index in [1.54, 1.807) is 0 Å². The van der Waals surface area contributed by atoms with Crippen LogP contribution in [0, 0.1) is 29.1 Å². The molecule has 6 heteroatoms.